The molecule has 0 aliphatic carbocycles. The van der Waals surface area contributed by atoms with E-state index in [9.17, 15) is 9.59 Å². The molecule has 1 heterocycles. The maximum absolute atomic E-state index is 13.3. The van der Waals surface area contributed by atoms with Crippen molar-refractivity contribution in [3.05, 3.63) is 71.9 Å². The molecular formula is C29H30N2O5. The second-order valence-corrected chi connectivity index (χ2v) is 8.23. The van der Waals surface area contributed by atoms with Gasteiger partial charge in [-0.2, -0.15) is 0 Å². The highest BCUT2D eigenvalue weighted by Crippen LogP contribution is 2.43. The molecule has 186 valence electrons. The zero-order valence-corrected chi connectivity index (χ0v) is 20.9. The number of H-pyrrole nitrogens is 1. The molecule has 7 heteroatoms. The predicted octanol–water partition coefficient (Wildman–Crippen LogP) is 5.84. The van der Waals surface area contributed by atoms with Crippen LogP contribution in [0.5, 0.6) is 11.5 Å². The fourth-order valence-corrected chi connectivity index (χ4v) is 4.33. The molecule has 0 spiro atoms. The van der Waals surface area contributed by atoms with Crippen LogP contribution in [0.25, 0.3) is 33.2 Å². The highest BCUT2D eigenvalue weighted by molar-refractivity contribution is 6.13. The molecular weight excluding hydrogens is 456 g/mol. The van der Waals surface area contributed by atoms with Gasteiger partial charge in [0, 0.05) is 34.8 Å². The van der Waals surface area contributed by atoms with Crippen LogP contribution in [-0.4, -0.2) is 44.2 Å². The SMILES string of the molecule is CCCOc1ccc(-c2cc(-c3c[nH]c4ccccc34)c(C(=O)OC)c(OC)c2C(=O)NCC)cc1. The summed E-state index contributed by atoms with van der Waals surface area (Å²) in [6, 6.07) is 17.2. The number of rotatable bonds is 9. The Balaban J connectivity index is 2.04. The lowest BCUT2D eigenvalue weighted by Crippen LogP contribution is -2.25. The number of carbonyl (C=O) groups excluding carboxylic acids is 2. The van der Waals surface area contributed by atoms with E-state index in [4.69, 9.17) is 14.2 Å². The van der Waals surface area contributed by atoms with Crippen molar-refractivity contribution in [2.24, 2.45) is 0 Å². The monoisotopic (exact) mass is 486 g/mol. The summed E-state index contributed by atoms with van der Waals surface area (Å²) >= 11 is 0. The van der Waals surface area contributed by atoms with Gasteiger partial charge in [-0.1, -0.05) is 37.3 Å². The number of amides is 1. The van der Waals surface area contributed by atoms with E-state index in [-0.39, 0.29) is 22.8 Å². The summed E-state index contributed by atoms with van der Waals surface area (Å²) in [6.07, 6.45) is 2.76. The lowest BCUT2D eigenvalue weighted by Gasteiger charge is -2.20. The molecule has 36 heavy (non-hydrogen) atoms. The van der Waals surface area contributed by atoms with E-state index in [2.05, 4.69) is 10.3 Å². The number of fused-ring (bicyclic) bond motifs is 1. The number of esters is 1. The van der Waals surface area contributed by atoms with Crippen molar-refractivity contribution in [3.63, 3.8) is 0 Å². The van der Waals surface area contributed by atoms with Gasteiger partial charge in [-0.15, -0.1) is 0 Å². The average molecular weight is 487 g/mol. The van der Waals surface area contributed by atoms with Gasteiger partial charge in [0.25, 0.3) is 5.91 Å². The van der Waals surface area contributed by atoms with Crippen molar-refractivity contribution in [1.29, 1.82) is 0 Å². The molecule has 0 unspecified atom stereocenters. The normalized spacial score (nSPS) is 10.8. The number of aromatic nitrogens is 1. The first-order valence-electron chi connectivity index (χ1n) is 11.9. The summed E-state index contributed by atoms with van der Waals surface area (Å²) in [4.78, 5) is 29.7. The number of hydrogen-bond donors (Lipinski definition) is 2. The van der Waals surface area contributed by atoms with Crippen LogP contribution >= 0.6 is 0 Å². The zero-order valence-electron chi connectivity index (χ0n) is 20.9. The molecule has 4 rings (SSSR count). The summed E-state index contributed by atoms with van der Waals surface area (Å²) in [7, 11) is 2.77. The molecule has 7 nitrogen and oxygen atoms in total. The number of benzene rings is 3. The van der Waals surface area contributed by atoms with E-state index < -0.39 is 5.97 Å². The first kappa shape index (κ1) is 24.9. The van der Waals surface area contributed by atoms with E-state index in [1.165, 1.54) is 14.2 Å². The zero-order chi connectivity index (χ0) is 25.7. The molecule has 0 aliphatic heterocycles. The van der Waals surface area contributed by atoms with E-state index in [0.29, 0.717) is 24.3 Å². The van der Waals surface area contributed by atoms with Crippen molar-refractivity contribution in [2.75, 3.05) is 27.4 Å². The second-order valence-electron chi connectivity index (χ2n) is 8.23. The first-order chi connectivity index (χ1) is 17.5. The van der Waals surface area contributed by atoms with Gasteiger partial charge in [0.1, 0.15) is 17.1 Å². The number of aromatic amines is 1. The van der Waals surface area contributed by atoms with E-state index >= 15 is 0 Å². The van der Waals surface area contributed by atoms with Crippen LogP contribution in [0.2, 0.25) is 0 Å². The molecule has 3 aromatic carbocycles. The number of carbonyl (C=O) groups is 2. The fraction of sp³-hybridized carbons (Fsp3) is 0.241. The van der Waals surface area contributed by atoms with Crippen LogP contribution < -0.4 is 14.8 Å². The Morgan fingerprint density at radius 1 is 0.917 bits per heavy atom. The smallest absolute Gasteiger partial charge is 0.342 e. The van der Waals surface area contributed by atoms with E-state index in [1.54, 1.807) is 0 Å². The number of nitrogens with one attached hydrogen (secondary N) is 2. The summed E-state index contributed by atoms with van der Waals surface area (Å²) in [6.45, 7) is 4.93. The molecule has 0 saturated carbocycles. The van der Waals surface area contributed by atoms with Gasteiger partial charge in [-0.05, 0) is 48.7 Å². The van der Waals surface area contributed by atoms with E-state index in [0.717, 1.165) is 34.2 Å². The Bertz CT molecular complexity index is 1390. The standard InChI is InChI=1S/C29H30N2O5/c1-5-15-36-19-13-11-18(12-14-19)21-16-22(23-17-31-24-10-8-7-9-20(23)24)26(29(33)35-4)27(34-3)25(21)28(32)30-6-2/h7-14,16-17,31H,5-6,15H2,1-4H3,(H,30,32). The highest BCUT2D eigenvalue weighted by Gasteiger charge is 2.30. The van der Waals surface area contributed by atoms with Gasteiger partial charge in [-0.25, -0.2) is 4.79 Å². The molecule has 0 fully saturated rings. The Kier molecular flexibility index (Phi) is 7.59. The van der Waals surface area contributed by atoms with Crippen LogP contribution in [0.15, 0.2) is 60.8 Å². The molecule has 4 aromatic rings. The third kappa shape index (κ3) is 4.64. The summed E-state index contributed by atoms with van der Waals surface area (Å²) in [5, 5.41) is 3.79. The topological polar surface area (TPSA) is 89.7 Å². The van der Waals surface area contributed by atoms with Crippen LogP contribution in [0.4, 0.5) is 0 Å². The summed E-state index contributed by atoms with van der Waals surface area (Å²) < 4.78 is 16.6. The molecule has 0 atom stereocenters. The summed E-state index contributed by atoms with van der Waals surface area (Å²) in [5.41, 5.74) is 4.21. The van der Waals surface area contributed by atoms with Crippen molar-refractivity contribution in [2.45, 2.75) is 20.3 Å². The minimum atomic E-state index is -0.590. The average Bonchev–Trinajstić information content (AvgIpc) is 3.34. The second kappa shape index (κ2) is 11.0. The van der Waals surface area contributed by atoms with Crippen LogP contribution in [0.1, 0.15) is 41.0 Å². The maximum atomic E-state index is 13.3. The highest BCUT2D eigenvalue weighted by atomic mass is 16.5. The molecule has 0 bridgehead atoms. The van der Waals surface area contributed by atoms with Crippen LogP contribution in [0, 0.1) is 0 Å². The molecule has 1 amide bonds. The molecule has 0 saturated heterocycles. The minimum Gasteiger partial charge on any atom is -0.495 e. The number of methoxy groups -OCH3 is 2. The van der Waals surface area contributed by atoms with Crippen LogP contribution in [0.3, 0.4) is 0 Å². The lowest BCUT2D eigenvalue weighted by molar-refractivity contribution is 0.0598. The Morgan fingerprint density at radius 2 is 1.67 bits per heavy atom. The molecule has 0 radical (unpaired) electrons. The first-order valence-corrected chi connectivity index (χ1v) is 11.9. The maximum Gasteiger partial charge on any atom is 0.342 e. The largest absolute Gasteiger partial charge is 0.495 e. The summed E-state index contributed by atoms with van der Waals surface area (Å²) in [5.74, 6) is -0.0223. The third-order valence-electron chi connectivity index (χ3n) is 5.96. The number of hydrogen-bond acceptors (Lipinski definition) is 5. The van der Waals surface area contributed by atoms with Gasteiger partial charge in [0.05, 0.1) is 26.4 Å². The fourth-order valence-electron chi connectivity index (χ4n) is 4.33. The van der Waals surface area contributed by atoms with E-state index in [1.807, 2.05) is 74.6 Å². The Hall–Kier alpha value is -4.26. The van der Waals surface area contributed by atoms with Gasteiger partial charge < -0.3 is 24.5 Å². The number of ether oxygens (including phenoxy) is 3. The van der Waals surface area contributed by atoms with Crippen molar-refractivity contribution < 1.29 is 23.8 Å². The third-order valence-corrected chi connectivity index (χ3v) is 5.96. The predicted molar refractivity (Wildman–Crippen MR) is 141 cm³/mol. The molecule has 2 N–H and O–H groups in total. The molecule has 1 aromatic heterocycles. The Labute approximate surface area is 210 Å². The van der Waals surface area contributed by atoms with Crippen molar-refractivity contribution >= 4 is 22.8 Å². The Morgan fingerprint density at radius 3 is 2.33 bits per heavy atom. The van der Waals surface area contributed by atoms with Gasteiger partial charge in [0.2, 0.25) is 0 Å². The van der Waals surface area contributed by atoms with Gasteiger partial charge >= 0.3 is 5.97 Å². The number of para-hydroxylation sites is 1. The van der Waals surface area contributed by atoms with Crippen LogP contribution in [-0.2, 0) is 4.74 Å². The van der Waals surface area contributed by atoms with Gasteiger partial charge in [0.15, 0.2) is 0 Å². The minimum absolute atomic E-state index is 0.164. The van der Waals surface area contributed by atoms with Crippen molar-refractivity contribution in [1.82, 2.24) is 10.3 Å². The quantitative estimate of drug-likeness (QED) is 0.290. The van der Waals surface area contributed by atoms with Crippen molar-refractivity contribution in [3.8, 4) is 33.8 Å². The molecule has 0 aliphatic rings. The van der Waals surface area contributed by atoms with Gasteiger partial charge in [-0.3, -0.25) is 4.79 Å². The lowest BCUT2D eigenvalue weighted by atomic mass is 9.88.